The number of hydrogen-bond acceptors (Lipinski definition) is 2. The Labute approximate surface area is 124 Å². The van der Waals surface area contributed by atoms with Gasteiger partial charge in [0.05, 0.1) is 17.1 Å². The monoisotopic (exact) mass is 371 g/mol. The van der Waals surface area contributed by atoms with E-state index in [0.29, 0.717) is 12.5 Å². The van der Waals surface area contributed by atoms with Crippen molar-refractivity contribution in [3.8, 4) is 0 Å². The standard InChI is InChI=1S/C13H14IN3O2/c1-7-4-11(17(6-7)13(18)19)12-15-9-3-2-8(14)5-10(9)16-12/h2-3,5,7,11H,4,6H2,1H3,(H,15,16)(H,18,19)/t7-,11-/m0/s1. The van der Waals surface area contributed by atoms with Crippen molar-refractivity contribution in [1.82, 2.24) is 14.9 Å². The summed E-state index contributed by atoms with van der Waals surface area (Å²) in [7, 11) is 0. The maximum atomic E-state index is 11.3. The molecule has 3 rings (SSSR count). The van der Waals surface area contributed by atoms with Crippen LogP contribution in [0.1, 0.15) is 25.2 Å². The first-order chi connectivity index (χ1) is 9.04. The number of amides is 1. The molecule has 0 saturated carbocycles. The molecule has 0 radical (unpaired) electrons. The number of aromatic nitrogens is 2. The smallest absolute Gasteiger partial charge is 0.407 e. The number of carboxylic acid groups (broad SMARTS) is 1. The Kier molecular flexibility index (Phi) is 3.12. The summed E-state index contributed by atoms with van der Waals surface area (Å²) in [6, 6.07) is 5.83. The number of halogens is 1. The molecule has 0 spiro atoms. The normalized spacial score (nSPS) is 23.2. The second kappa shape index (κ2) is 4.66. The zero-order valence-corrected chi connectivity index (χ0v) is 12.6. The Balaban J connectivity index is 2.01. The molecule has 5 nitrogen and oxygen atoms in total. The Bertz CT molecular complexity index is 640. The lowest BCUT2D eigenvalue weighted by molar-refractivity contribution is 0.138. The number of imidazole rings is 1. The summed E-state index contributed by atoms with van der Waals surface area (Å²) in [6.07, 6.45) is -0.0483. The lowest BCUT2D eigenvalue weighted by Crippen LogP contribution is -2.29. The third-order valence-corrected chi connectivity index (χ3v) is 4.20. The summed E-state index contributed by atoms with van der Waals surface area (Å²) >= 11 is 2.25. The molecule has 0 aliphatic carbocycles. The molecule has 2 aromatic rings. The lowest BCUT2D eigenvalue weighted by Gasteiger charge is -2.19. The third-order valence-electron chi connectivity index (χ3n) is 3.53. The molecule has 1 aliphatic rings. The summed E-state index contributed by atoms with van der Waals surface area (Å²) in [5, 5.41) is 9.26. The Hall–Kier alpha value is -1.31. The molecule has 0 bridgehead atoms. The van der Waals surface area contributed by atoms with Crippen molar-refractivity contribution in [3.63, 3.8) is 0 Å². The Morgan fingerprint density at radius 2 is 2.37 bits per heavy atom. The van der Waals surface area contributed by atoms with E-state index in [1.165, 1.54) is 4.90 Å². The number of likely N-dealkylation sites (tertiary alicyclic amines) is 1. The fraction of sp³-hybridized carbons (Fsp3) is 0.385. The minimum Gasteiger partial charge on any atom is -0.465 e. The second-order valence-corrected chi connectivity index (χ2v) is 6.32. The van der Waals surface area contributed by atoms with Crippen LogP contribution in [0.4, 0.5) is 4.79 Å². The quantitative estimate of drug-likeness (QED) is 0.757. The highest BCUT2D eigenvalue weighted by molar-refractivity contribution is 14.1. The first-order valence-electron chi connectivity index (χ1n) is 6.19. The molecule has 1 saturated heterocycles. The molecular formula is C13H14IN3O2. The van der Waals surface area contributed by atoms with Crippen molar-refractivity contribution in [2.24, 2.45) is 5.92 Å². The predicted molar refractivity (Wildman–Crippen MR) is 80.1 cm³/mol. The Morgan fingerprint density at radius 3 is 3.11 bits per heavy atom. The van der Waals surface area contributed by atoms with Crippen LogP contribution in [0.15, 0.2) is 18.2 Å². The van der Waals surface area contributed by atoms with E-state index in [1.54, 1.807) is 0 Å². The van der Waals surface area contributed by atoms with Crippen LogP contribution in [0.5, 0.6) is 0 Å². The molecule has 1 amide bonds. The minimum atomic E-state index is -0.871. The fourth-order valence-electron chi connectivity index (χ4n) is 2.68. The van der Waals surface area contributed by atoms with Crippen LogP contribution in [0.3, 0.4) is 0 Å². The largest absolute Gasteiger partial charge is 0.465 e. The molecule has 100 valence electrons. The topological polar surface area (TPSA) is 69.2 Å². The van der Waals surface area contributed by atoms with E-state index >= 15 is 0 Å². The molecule has 2 N–H and O–H groups in total. The van der Waals surface area contributed by atoms with Gasteiger partial charge in [-0.15, -0.1) is 0 Å². The number of rotatable bonds is 1. The summed E-state index contributed by atoms with van der Waals surface area (Å²) in [4.78, 5) is 20.6. The highest BCUT2D eigenvalue weighted by Crippen LogP contribution is 2.34. The lowest BCUT2D eigenvalue weighted by atomic mass is 10.1. The van der Waals surface area contributed by atoms with E-state index < -0.39 is 6.09 Å². The predicted octanol–water partition coefficient (Wildman–Crippen LogP) is 3.23. The van der Waals surface area contributed by atoms with Gasteiger partial charge >= 0.3 is 6.09 Å². The van der Waals surface area contributed by atoms with Crippen LogP contribution in [0.25, 0.3) is 11.0 Å². The van der Waals surface area contributed by atoms with Gasteiger partial charge in [0.25, 0.3) is 0 Å². The number of carbonyl (C=O) groups is 1. The van der Waals surface area contributed by atoms with Gasteiger partial charge in [-0.2, -0.15) is 0 Å². The number of nitrogens with zero attached hydrogens (tertiary/aromatic N) is 2. The van der Waals surface area contributed by atoms with Gasteiger partial charge in [0.1, 0.15) is 5.82 Å². The zero-order chi connectivity index (χ0) is 13.6. The summed E-state index contributed by atoms with van der Waals surface area (Å²) in [5.41, 5.74) is 1.85. The number of nitrogens with one attached hydrogen (secondary N) is 1. The molecule has 1 aliphatic heterocycles. The van der Waals surface area contributed by atoms with Crippen molar-refractivity contribution in [2.45, 2.75) is 19.4 Å². The van der Waals surface area contributed by atoms with E-state index in [0.717, 1.165) is 26.8 Å². The maximum Gasteiger partial charge on any atom is 0.407 e. The van der Waals surface area contributed by atoms with Gasteiger partial charge in [0.15, 0.2) is 0 Å². The highest BCUT2D eigenvalue weighted by Gasteiger charge is 2.35. The molecular weight excluding hydrogens is 357 g/mol. The summed E-state index contributed by atoms with van der Waals surface area (Å²) < 4.78 is 1.13. The molecule has 1 aromatic heterocycles. The first-order valence-corrected chi connectivity index (χ1v) is 7.27. The number of hydrogen-bond donors (Lipinski definition) is 2. The van der Waals surface area contributed by atoms with Crippen LogP contribution >= 0.6 is 22.6 Å². The molecule has 1 fully saturated rings. The zero-order valence-electron chi connectivity index (χ0n) is 10.4. The fourth-order valence-corrected chi connectivity index (χ4v) is 3.17. The number of fused-ring (bicyclic) bond motifs is 1. The first kappa shape index (κ1) is 12.7. The van der Waals surface area contributed by atoms with E-state index in [9.17, 15) is 9.90 Å². The number of benzene rings is 1. The molecule has 2 atom stereocenters. The number of aromatic amines is 1. The maximum absolute atomic E-state index is 11.3. The molecule has 19 heavy (non-hydrogen) atoms. The van der Waals surface area contributed by atoms with Crippen LogP contribution < -0.4 is 0 Å². The van der Waals surface area contributed by atoms with Crippen molar-refractivity contribution in [2.75, 3.05) is 6.54 Å². The minimum absolute atomic E-state index is 0.155. The average molecular weight is 371 g/mol. The van der Waals surface area contributed by atoms with Crippen molar-refractivity contribution in [1.29, 1.82) is 0 Å². The van der Waals surface area contributed by atoms with Gasteiger partial charge in [-0.25, -0.2) is 9.78 Å². The highest BCUT2D eigenvalue weighted by atomic mass is 127. The molecule has 1 aromatic carbocycles. The van der Waals surface area contributed by atoms with E-state index in [2.05, 4.69) is 39.5 Å². The van der Waals surface area contributed by atoms with E-state index in [1.807, 2.05) is 18.2 Å². The SMILES string of the molecule is C[C@H]1C[C@@H](c2nc3ccc(I)cc3[nH]2)N(C(=O)O)C1. The van der Waals surface area contributed by atoms with Gasteiger partial charge < -0.3 is 10.1 Å². The van der Waals surface area contributed by atoms with Gasteiger partial charge in [0, 0.05) is 10.1 Å². The molecule has 2 heterocycles. The van der Waals surface area contributed by atoms with Crippen LogP contribution in [-0.2, 0) is 0 Å². The van der Waals surface area contributed by atoms with Crippen LogP contribution in [0, 0.1) is 9.49 Å². The Morgan fingerprint density at radius 1 is 1.58 bits per heavy atom. The second-order valence-electron chi connectivity index (χ2n) is 5.08. The summed E-state index contributed by atoms with van der Waals surface area (Å²) in [5.74, 6) is 1.12. The van der Waals surface area contributed by atoms with Crippen LogP contribution in [-0.4, -0.2) is 32.6 Å². The van der Waals surface area contributed by atoms with Crippen molar-refractivity contribution < 1.29 is 9.90 Å². The average Bonchev–Trinajstić information content (AvgIpc) is 2.91. The molecule has 6 heteroatoms. The van der Waals surface area contributed by atoms with Crippen LogP contribution in [0.2, 0.25) is 0 Å². The van der Waals surface area contributed by atoms with Gasteiger partial charge in [-0.3, -0.25) is 4.90 Å². The number of H-pyrrole nitrogens is 1. The molecule has 0 unspecified atom stereocenters. The van der Waals surface area contributed by atoms with Gasteiger partial charge in [-0.1, -0.05) is 6.92 Å². The van der Waals surface area contributed by atoms with E-state index in [-0.39, 0.29) is 6.04 Å². The van der Waals surface area contributed by atoms with E-state index in [4.69, 9.17) is 0 Å². The van der Waals surface area contributed by atoms with Gasteiger partial charge in [-0.05, 0) is 53.1 Å². The van der Waals surface area contributed by atoms with Crippen molar-refractivity contribution >= 4 is 39.7 Å². The van der Waals surface area contributed by atoms with Gasteiger partial charge in [0.2, 0.25) is 0 Å². The van der Waals surface area contributed by atoms with Crippen molar-refractivity contribution in [3.05, 3.63) is 27.6 Å². The third kappa shape index (κ3) is 2.29. The summed E-state index contributed by atoms with van der Waals surface area (Å²) in [6.45, 7) is 2.65.